The third-order valence-electron chi connectivity index (χ3n) is 0. The van der Waals surface area contributed by atoms with Crippen LogP contribution in [0, 0.1) is 0 Å². The molecule has 0 spiro atoms. The Morgan fingerprint density at radius 1 is 1.62 bits per heavy atom. The molecule has 0 heterocycles. The van der Waals surface area contributed by atoms with E-state index >= 15 is 0 Å². The summed E-state index contributed by atoms with van der Waals surface area (Å²) >= 11 is 3.35. The molecule has 0 bridgehead atoms. The fourth-order valence-corrected chi connectivity index (χ4v) is 0. The van der Waals surface area contributed by atoms with Crippen molar-refractivity contribution < 1.29 is 48.3 Å². The Morgan fingerprint density at radius 3 is 1.62 bits per heavy atom. The Labute approximate surface area is 74.4 Å². The van der Waals surface area contributed by atoms with Gasteiger partial charge in [0.05, 0.1) is 9.05 Å². The van der Waals surface area contributed by atoms with E-state index in [1.807, 2.05) is 0 Å². The van der Waals surface area contributed by atoms with E-state index in [1.54, 1.807) is 0 Å². The summed E-state index contributed by atoms with van der Waals surface area (Å²) in [5.41, 5.74) is 0. The van der Waals surface area contributed by atoms with Crippen molar-refractivity contribution in [2.75, 3.05) is 0 Å². The quantitative estimate of drug-likeness (QED) is 0.356. The van der Waals surface area contributed by atoms with Crippen LogP contribution < -0.4 is 35.7 Å². The molecule has 1 unspecified atom stereocenters. The molecule has 0 saturated heterocycles. The third kappa shape index (κ3) is 190. The summed E-state index contributed by atoms with van der Waals surface area (Å²) in [7, 11) is -4.08. The van der Waals surface area contributed by atoms with Crippen LogP contribution in [0.25, 0.3) is 0 Å². The first kappa shape index (κ1) is 22.9. The van der Waals surface area contributed by atoms with E-state index in [-0.39, 0.29) is 41.2 Å². The fourth-order valence-electron chi connectivity index (χ4n) is 0. The van der Waals surface area contributed by atoms with Crippen molar-refractivity contribution in [1.82, 2.24) is 6.15 Å². The zero-order chi connectivity index (χ0) is 4.50. The van der Waals surface area contributed by atoms with Crippen LogP contribution in [0.4, 0.5) is 0 Å². The van der Waals surface area contributed by atoms with Gasteiger partial charge in [-0.3, -0.25) is 0 Å². The van der Waals surface area contributed by atoms with Crippen molar-refractivity contribution >= 4 is 20.2 Å². The average Bonchev–Trinajstić information content (AvgIpc) is 0.722. The largest absolute Gasteiger partial charge is 1.00 e. The maximum atomic E-state index is 9.00. The van der Waals surface area contributed by atoms with Crippen LogP contribution >= 0.6 is 0 Å². The molecule has 0 aliphatic heterocycles. The molecule has 0 radical (unpaired) electrons. The van der Waals surface area contributed by atoms with Gasteiger partial charge < -0.3 is 20.7 Å². The monoisotopic (exact) mass is 171 g/mol. The van der Waals surface area contributed by atoms with E-state index < -0.39 is 9.05 Å². The van der Waals surface area contributed by atoms with Gasteiger partial charge in [0.2, 0.25) is 0 Å². The average molecular weight is 171 g/mol. The van der Waals surface area contributed by atoms with Gasteiger partial charge in [0.15, 0.2) is 0 Å². The van der Waals surface area contributed by atoms with Crippen LogP contribution in [-0.2, 0) is 20.2 Å². The van der Waals surface area contributed by atoms with Gasteiger partial charge in [0, 0.05) is 0 Å². The molecule has 8 heavy (non-hydrogen) atoms. The second-order valence-electron chi connectivity index (χ2n) is 0.428. The van der Waals surface area contributed by atoms with Gasteiger partial charge in [-0.25, -0.2) is 4.21 Å². The van der Waals surface area contributed by atoms with Crippen LogP contribution in [0.15, 0.2) is 0 Å². The Kier molecular flexibility index (Phi) is 23.5. The maximum absolute atomic E-state index is 9.00. The molecular formula is H6NNaO4S2. The molecule has 0 aliphatic carbocycles. The molecule has 1 atom stereocenters. The van der Waals surface area contributed by atoms with Crippen LogP contribution in [0.3, 0.4) is 0 Å². The minimum absolute atomic E-state index is 0. The molecule has 0 aromatic heterocycles. The number of hydrogen-bond donors (Lipinski definition) is 2. The van der Waals surface area contributed by atoms with Crippen molar-refractivity contribution in [2.24, 2.45) is 0 Å². The smallest absolute Gasteiger partial charge is 0.748 e. The molecule has 8 heteroatoms. The van der Waals surface area contributed by atoms with E-state index in [2.05, 4.69) is 11.2 Å². The molecule has 0 fully saturated rings. The summed E-state index contributed by atoms with van der Waals surface area (Å²) in [6.45, 7) is 0. The first-order valence-corrected chi connectivity index (χ1v) is 3.05. The standard InChI is InChI=1S/H3N.Na.H2O3S2.H2O/c;;1-5(2,3)4;/h1H3;;(H2,1,2,3,4);1H2/q;+1;;/p-1. The second kappa shape index (κ2) is 8.21. The van der Waals surface area contributed by atoms with Crippen LogP contribution in [0.1, 0.15) is 0 Å². The number of rotatable bonds is 0. The molecule has 0 amide bonds. The normalized spacial score (nSPS) is 13.2. The van der Waals surface area contributed by atoms with Crippen molar-refractivity contribution in [3.05, 3.63) is 0 Å². The summed E-state index contributed by atoms with van der Waals surface area (Å²) in [6, 6.07) is 0. The Morgan fingerprint density at radius 2 is 1.62 bits per heavy atom. The van der Waals surface area contributed by atoms with Crippen molar-refractivity contribution in [3.8, 4) is 0 Å². The summed E-state index contributed by atoms with van der Waals surface area (Å²) in [5.74, 6) is 0. The van der Waals surface area contributed by atoms with Crippen LogP contribution in [0.2, 0.25) is 0 Å². The molecule has 0 aliphatic rings. The summed E-state index contributed by atoms with van der Waals surface area (Å²) in [4.78, 5) is 0. The Bertz CT molecular complexity index is 97.2. The second-order valence-corrected chi connectivity index (χ2v) is 2.55. The minimum atomic E-state index is -4.08. The molecule has 6 N–H and O–H groups in total. The van der Waals surface area contributed by atoms with E-state index in [1.165, 1.54) is 0 Å². The Balaban J connectivity index is -0.0000000267. The fraction of sp³-hybridized carbons (Fsp3) is 0. The SMILES string of the molecule is N.O.O=S([O-])(O)=S.[Na+]. The minimum Gasteiger partial charge on any atom is -0.748 e. The third-order valence-corrected chi connectivity index (χ3v) is 0. The van der Waals surface area contributed by atoms with Gasteiger partial charge in [-0.15, -0.1) is 0 Å². The molecule has 0 aromatic rings. The van der Waals surface area contributed by atoms with Crippen molar-refractivity contribution in [2.45, 2.75) is 0 Å². The van der Waals surface area contributed by atoms with Crippen LogP contribution in [-0.4, -0.2) is 18.8 Å². The molecule has 5 nitrogen and oxygen atoms in total. The van der Waals surface area contributed by atoms with E-state index in [9.17, 15) is 0 Å². The Hall–Kier alpha value is 1.21. The summed E-state index contributed by atoms with van der Waals surface area (Å²) < 4.78 is 25.3. The molecular weight excluding hydrogens is 165 g/mol. The van der Waals surface area contributed by atoms with E-state index in [4.69, 9.17) is 13.3 Å². The predicted molar refractivity (Wildman–Crippen MR) is 27.5 cm³/mol. The number of hydrogen-bond acceptors (Lipinski definition) is 4. The van der Waals surface area contributed by atoms with Gasteiger partial charge in [-0.05, 0) is 11.2 Å². The van der Waals surface area contributed by atoms with Gasteiger partial charge in [0.1, 0.15) is 0 Å². The van der Waals surface area contributed by atoms with Gasteiger partial charge in [0.25, 0.3) is 0 Å². The topological polar surface area (TPSA) is 127 Å². The molecule has 0 saturated carbocycles. The summed E-state index contributed by atoms with van der Waals surface area (Å²) in [6.07, 6.45) is 0. The zero-order valence-electron chi connectivity index (χ0n) is 4.29. The molecule has 48 valence electrons. The van der Waals surface area contributed by atoms with Gasteiger partial charge >= 0.3 is 29.6 Å². The van der Waals surface area contributed by atoms with E-state index in [0.29, 0.717) is 0 Å². The summed E-state index contributed by atoms with van der Waals surface area (Å²) in [5, 5.41) is 0. The first-order chi connectivity index (χ1) is 2.00. The molecule has 0 rings (SSSR count). The van der Waals surface area contributed by atoms with E-state index in [0.717, 1.165) is 0 Å². The van der Waals surface area contributed by atoms with Gasteiger partial charge in [-0.2, -0.15) is 0 Å². The predicted octanol–water partition coefficient (Wildman–Crippen LogP) is -4.32. The first-order valence-electron chi connectivity index (χ1n) is 0.683. The van der Waals surface area contributed by atoms with Crippen LogP contribution in [0.5, 0.6) is 0 Å². The molecule has 0 aromatic carbocycles. The van der Waals surface area contributed by atoms with Crippen molar-refractivity contribution in [3.63, 3.8) is 0 Å². The van der Waals surface area contributed by atoms with Crippen molar-refractivity contribution in [1.29, 1.82) is 0 Å². The zero-order valence-corrected chi connectivity index (χ0v) is 7.92. The van der Waals surface area contributed by atoms with Gasteiger partial charge in [-0.1, -0.05) is 0 Å². The maximum Gasteiger partial charge on any atom is 1.00 e.